The van der Waals surface area contributed by atoms with Crippen LogP contribution in [0.5, 0.6) is 11.5 Å². The smallest absolute Gasteiger partial charge is 0.288 e. The number of aliphatic imine (C=N–C) groups is 1. The zero-order chi connectivity index (χ0) is 21.1. The second-order valence-corrected chi connectivity index (χ2v) is 7.32. The zero-order valence-electron chi connectivity index (χ0n) is 16.4. The second kappa shape index (κ2) is 8.62. The molecule has 0 radical (unpaired) electrons. The number of carbonyl (C=O) groups is 2. The second-order valence-electron chi connectivity index (χ2n) is 6.91. The fraction of sp³-hybridized carbons (Fsp3) is 0.286. The summed E-state index contributed by atoms with van der Waals surface area (Å²) in [6, 6.07) is 11.9. The van der Waals surface area contributed by atoms with Gasteiger partial charge in [0.2, 0.25) is 5.84 Å². The van der Waals surface area contributed by atoms with Crippen LogP contribution in [0.4, 0.5) is 5.69 Å². The Hall–Kier alpha value is -3.26. The number of benzene rings is 2. The Bertz CT molecular complexity index is 996. The van der Waals surface area contributed by atoms with E-state index < -0.39 is 11.9 Å². The highest BCUT2D eigenvalue weighted by molar-refractivity contribution is 6.39. The third-order valence-electron chi connectivity index (χ3n) is 4.66. The van der Waals surface area contributed by atoms with Crippen molar-refractivity contribution in [3.63, 3.8) is 0 Å². The Labute approximate surface area is 178 Å². The van der Waals surface area contributed by atoms with E-state index in [0.717, 1.165) is 12.0 Å². The third kappa shape index (κ3) is 4.18. The van der Waals surface area contributed by atoms with Gasteiger partial charge in [-0.15, -0.1) is 0 Å². The number of para-hydroxylation sites is 1. The Morgan fingerprint density at radius 3 is 2.83 bits per heavy atom. The summed E-state index contributed by atoms with van der Waals surface area (Å²) >= 11 is 6.31. The van der Waals surface area contributed by atoms with Crippen LogP contribution < -0.4 is 25.2 Å². The summed E-state index contributed by atoms with van der Waals surface area (Å²) in [5.74, 6) is 0.470. The fourth-order valence-corrected chi connectivity index (χ4v) is 3.44. The third-order valence-corrected chi connectivity index (χ3v) is 4.94. The molecule has 0 saturated heterocycles. The van der Waals surface area contributed by atoms with E-state index in [0.29, 0.717) is 35.4 Å². The molecule has 30 heavy (non-hydrogen) atoms. The Balaban J connectivity index is 1.46. The maximum absolute atomic E-state index is 12.7. The highest BCUT2D eigenvalue weighted by Crippen LogP contribution is 2.37. The van der Waals surface area contributed by atoms with Crippen LogP contribution in [-0.2, 0) is 16.1 Å². The molecule has 2 aliphatic heterocycles. The molecular formula is C21H21ClN4O4. The van der Waals surface area contributed by atoms with Gasteiger partial charge in [0.15, 0.2) is 11.5 Å². The van der Waals surface area contributed by atoms with Gasteiger partial charge in [0.05, 0.1) is 23.9 Å². The first-order valence-electron chi connectivity index (χ1n) is 9.62. The molecule has 4 rings (SSSR count). The summed E-state index contributed by atoms with van der Waals surface area (Å²) in [5, 5.41) is 4.56. The van der Waals surface area contributed by atoms with Crippen LogP contribution in [0, 0.1) is 0 Å². The molecule has 2 N–H and O–H groups in total. The normalized spacial score (nSPS) is 18.2. The molecule has 0 aromatic heterocycles. The lowest BCUT2D eigenvalue weighted by Gasteiger charge is -2.30. The molecule has 0 aliphatic carbocycles. The maximum atomic E-state index is 12.7. The van der Waals surface area contributed by atoms with E-state index in [1.54, 1.807) is 31.2 Å². The van der Waals surface area contributed by atoms with Gasteiger partial charge in [0, 0.05) is 13.0 Å². The SMILES string of the molecule is CC1N=C(C(=O)NCc2cc(Cl)c3c(c2)OCCCO3)NN(c2ccccc2)C1=O. The van der Waals surface area contributed by atoms with E-state index in [9.17, 15) is 9.59 Å². The van der Waals surface area contributed by atoms with Crippen LogP contribution in [0.1, 0.15) is 18.9 Å². The van der Waals surface area contributed by atoms with Gasteiger partial charge in [-0.25, -0.2) is 10.0 Å². The van der Waals surface area contributed by atoms with E-state index in [1.807, 2.05) is 18.2 Å². The van der Waals surface area contributed by atoms with Crippen molar-refractivity contribution in [1.29, 1.82) is 0 Å². The number of carbonyl (C=O) groups excluding carboxylic acids is 2. The predicted molar refractivity (Wildman–Crippen MR) is 113 cm³/mol. The quantitative estimate of drug-likeness (QED) is 0.780. The molecule has 8 nitrogen and oxygen atoms in total. The van der Waals surface area contributed by atoms with Gasteiger partial charge in [-0.3, -0.25) is 15.0 Å². The monoisotopic (exact) mass is 428 g/mol. The van der Waals surface area contributed by atoms with Gasteiger partial charge < -0.3 is 14.8 Å². The molecule has 2 aromatic carbocycles. The summed E-state index contributed by atoms with van der Waals surface area (Å²) in [6.07, 6.45) is 0.775. The van der Waals surface area contributed by atoms with E-state index in [1.165, 1.54) is 5.01 Å². The van der Waals surface area contributed by atoms with Crippen molar-refractivity contribution in [1.82, 2.24) is 10.7 Å². The Morgan fingerprint density at radius 2 is 2.03 bits per heavy atom. The van der Waals surface area contributed by atoms with Crippen LogP contribution in [-0.4, -0.2) is 36.9 Å². The average Bonchev–Trinajstić information content (AvgIpc) is 3.00. The van der Waals surface area contributed by atoms with Gasteiger partial charge in [-0.1, -0.05) is 29.8 Å². The summed E-state index contributed by atoms with van der Waals surface area (Å²) in [4.78, 5) is 29.3. The molecule has 0 fully saturated rings. The first-order chi connectivity index (χ1) is 14.5. The fourth-order valence-electron chi connectivity index (χ4n) is 3.16. The van der Waals surface area contributed by atoms with Gasteiger partial charge in [0.1, 0.15) is 6.04 Å². The number of nitrogens with zero attached hydrogens (tertiary/aromatic N) is 2. The lowest BCUT2D eigenvalue weighted by molar-refractivity contribution is -0.120. The van der Waals surface area contributed by atoms with Gasteiger partial charge >= 0.3 is 0 Å². The Morgan fingerprint density at radius 1 is 1.27 bits per heavy atom. The zero-order valence-corrected chi connectivity index (χ0v) is 17.1. The first-order valence-corrected chi connectivity index (χ1v) is 10.0. The van der Waals surface area contributed by atoms with Crippen molar-refractivity contribution in [2.75, 3.05) is 18.2 Å². The number of hydrogen-bond acceptors (Lipinski definition) is 6. The molecule has 2 heterocycles. The molecule has 2 aliphatic rings. The highest BCUT2D eigenvalue weighted by Gasteiger charge is 2.30. The van der Waals surface area contributed by atoms with Crippen LogP contribution in [0.2, 0.25) is 5.02 Å². The average molecular weight is 429 g/mol. The van der Waals surface area contributed by atoms with Gasteiger partial charge in [-0.05, 0) is 36.8 Å². The summed E-state index contributed by atoms with van der Waals surface area (Å²) < 4.78 is 11.3. The van der Waals surface area contributed by atoms with Gasteiger partial charge in [-0.2, -0.15) is 0 Å². The van der Waals surface area contributed by atoms with Crippen LogP contribution in [0.3, 0.4) is 0 Å². The minimum Gasteiger partial charge on any atom is -0.489 e. The number of ether oxygens (including phenoxy) is 2. The number of hydrazine groups is 1. The lowest BCUT2D eigenvalue weighted by Crippen LogP contribution is -2.57. The summed E-state index contributed by atoms with van der Waals surface area (Å²) in [7, 11) is 0. The maximum Gasteiger partial charge on any atom is 0.288 e. The predicted octanol–water partition coefficient (Wildman–Crippen LogP) is 2.46. The number of rotatable bonds is 4. The van der Waals surface area contributed by atoms with Crippen molar-refractivity contribution >= 4 is 34.9 Å². The first kappa shape index (κ1) is 20.0. The van der Waals surface area contributed by atoms with Crippen molar-refractivity contribution < 1.29 is 19.1 Å². The van der Waals surface area contributed by atoms with Crippen LogP contribution in [0.25, 0.3) is 0 Å². The molecule has 9 heteroatoms. The molecule has 2 aromatic rings. The van der Waals surface area contributed by atoms with Gasteiger partial charge in [0.25, 0.3) is 11.8 Å². The lowest BCUT2D eigenvalue weighted by atomic mass is 10.2. The van der Waals surface area contributed by atoms with Crippen molar-refractivity contribution in [3.8, 4) is 11.5 Å². The number of amides is 2. The molecule has 0 saturated carbocycles. The van der Waals surface area contributed by atoms with Crippen molar-refractivity contribution in [3.05, 3.63) is 53.1 Å². The summed E-state index contributed by atoms with van der Waals surface area (Å²) in [5.41, 5.74) is 4.20. The summed E-state index contributed by atoms with van der Waals surface area (Å²) in [6.45, 7) is 2.95. The topological polar surface area (TPSA) is 92.3 Å². The minimum absolute atomic E-state index is 0.0615. The number of halogens is 1. The minimum atomic E-state index is -0.681. The number of fused-ring (bicyclic) bond motifs is 1. The molecule has 1 atom stereocenters. The highest BCUT2D eigenvalue weighted by atomic mass is 35.5. The van der Waals surface area contributed by atoms with E-state index in [2.05, 4.69) is 15.7 Å². The van der Waals surface area contributed by atoms with Crippen molar-refractivity contribution in [2.24, 2.45) is 4.99 Å². The largest absolute Gasteiger partial charge is 0.489 e. The number of nitrogens with one attached hydrogen (secondary N) is 2. The van der Waals surface area contributed by atoms with Crippen LogP contribution >= 0.6 is 11.6 Å². The molecule has 156 valence electrons. The molecular weight excluding hydrogens is 408 g/mol. The van der Waals surface area contributed by atoms with Crippen molar-refractivity contribution in [2.45, 2.75) is 25.9 Å². The molecule has 2 amide bonds. The Kier molecular flexibility index (Phi) is 5.76. The van der Waals surface area contributed by atoms with E-state index in [4.69, 9.17) is 21.1 Å². The number of anilines is 1. The molecule has 0 spiro atoms. The number of amidine groups is 1. The van der Waals surface area contributed by atoms with E-state index >= 15 is 0 Å². The van der Waals surface area contributed by atoms with Crippen LogP contribution in [0.15, 0.2) is 47.5 Å². The molecule has 0 bridgehead atoms. The number of hydrogen-bond donors (Lipinski definition) is 2. The molecule has 1 unspecified atom stereocenters. The van der Waals surface area contributed by atoms with E-state index in [-0.39, 0.29) is 18.3 Å². The standard InChI is InChI=1S/C21H21ClN4O4/c1-13-21(28)26(15-6-3-2-4-7-15)25-19(24-13)20(27)23-12-14-10-16(22)18-17(11-14)29-8-5-9-30-18/h2-4,6-7,10-11,13H,5,8-9,12H2,1H3,(H,23,27)(H,24,25).